The lowest BCUT2D eigenvalue weighted by Crippen LogP contribution is -2.14. The summed E-state index contributed by atoms with van der Waals surface area (Å²) in [7, 11) is 0. The third-order valence-corrected chi connectivity index (χ3v) is 4.09. The molecular weight excluding hydrogens is 249 g/mol. The summed E-state index contributed by atoms with van der Waals surface area (Å²) in [6.07, 6.45) is 2.95. The van der Waals surface area contributed by atoms with Crippen molar-refractivity contribution in [1.29, 1.82) is 0 Å². The summed E-state index contributed by atoms with van der Waals surface area (Å²) in [6, 6.07) is 10.0. The van der Waals surface area contributed by atoms with Gasteiger partial charge in [0, 0.05) is 18.7 Å². The zero-order valence-electron chi connectivity index (χ0n) is 12.1. The Labute approximate surface area is 119 Å². The van der Waals surface area contributed by atoms with Crippen molar-refractivity contribution >= 4 is 5.69 Å². The molecule has 1 aliphatic rings. The zero-order valence-corrected chi connectivity index (χ0v) is 12.1. The Morgan fingerprint density at radius 2 is 2.05 bits per heavy atom. The lowest BCUT2D eigenvalue weighted by Gasteiger charge is -2.22. The first-order chi connectivity index (χ1) is 9.65. The molecule has 0 unspecified atom stereocenters. The second kappa shape index (κ2) is 5.28. The van der Waals surface area contributed by atoms with Crippen LogP contribution in [0.15, 0.2) is 30.3 Å². The van der Waals surface area contributed by atoms with E-state index in [2.05, 4.69) is 29.6 Å². The molecule has 0 amide bonds. The Balaban J connectivity index is 2.00. The SMILES string of the molecule is Cc1cc(C)c(Cc2cccc3c2NCCC3)c(F)c1. The van der Waals surface area contributed by atoms with Gasteiger partial charge < -0.3 is 5.32 Å². The van der Waals surface area contributed by atoms with E-state index in [1.807, 2.05) is 13.8 Å². The number of fused-ring (bicyclic) bond motifs is 1. The van der Waals surface area contributed by atoms with Crippen LogP contribution in [0.5, 0.6) is 0 Å². The Hall–Kier alpha value is -1.83. The van der Waals surface area contributed by atoms with Crippen molar-refractivity contribution in [3.8, 4) is 0 Å². The lowest BCUT2D eigenvalue weighted by atomic mass is 9.93. The van der Waals surface area contributed by atoms with Crippen LogP contribution in [0.1, 0.15) is 34.2 Å². The van der Waals surface area contributed by atoms with Crippen LogP contribution >= 0.6 is 0 Å². The summed E-state index contributed by atoms with van der Waals surface area (Å²) >= 11 is 0. The maximum absolute atomic E-state index is 14.2. The molecule has 0 spiro atoms. The summed E-state index contributed by atoms with van der Waals surface area (Å²) in [6.45, 7) is 4.94. The molecule has 104 valence electrons. The third kappa shape index (κ3) is 2.43. The van der Waals surface area contributed by atoms with Crippen LogP contribution in [0.3, 0.4) is 0 Å². The van der Waals surface area contributed by atoms with Gasteiger partial charge in [-0.15, -0.1) is 0 Å². The van der Waals surface area contributed by atoms with Gasteiger partial charge in [-0.2, -0.15) is 0 Å². The number of rotatable bonds is 2. The molecule has 2 heteroatoms. The Morgan fingerprint density at radius 3 is 2.85 bits per heavy atom. The fourth-order valence-electron chi connectivity index (χ4n) is 3.09. The average Bonchev–Trinajstić information content (AvgIpc) is 2.43. The minimum absolute atomic E-state index is 0.0871. The standard InChI is InChI=1S/C18H20FN/c1-12-9-13(2)16(17(19)10-12)11-15-6-3-5-14-7-4-8-20-18(14)15/h3,5-6,9-10,20H,4,7-8,11H2,1-2H3. The van der Waals surface area contributed by atoms with Crippen LogP contribution in [-0.4, -0.2) is 6.54 Å². The molecule has 0 atom stereocenters. The van der Waals surface area contributed by atoms with E-state index in [0.29, 0.717) is 6.42 Å². The molecule has 2 aromatic carbocycles. The van der Waals surface area contributed by atoms with Gasteiger partial charge in [0.2, 0.25) is 0 Å². The summed E-state index contributed by atoms with van der Waals surface area (Å²) in [5, 5.41) is 3.48. The minimum atomic E-state index is -0.0871. The lowest BCUT2D eigenvalue weighted by molar-refractivity contribution is 0.611. The number of hydrogen-bond acceptors (Lipinski definition) is 1. The highest BCUT2D eigenvalue weighted by molar-refractivity contribution is 5.60. The number of para-hydroxylation sites is 1. The molecule has 0 saturated heterocycles. The molecule has 1 heterocycles. The molecule has 0 bridgehead atoms. The van der Waals surface area contributed by atoms with Crippen LogP contribution in [0.2, 0.25) is 0 Å². The van der Waals surface area contributed by atoms with Crippen LogP contribution in [0, 0.1) is 19.7 Å². The molecule has 0 radical (unpaired) electrons. The van der Waals surface area contributed by atoms with Crippen LogP contribution in [-0.2, 0) is 12.8 Å². The predicted molar refractivity (Wildman–Crippen MR) is 81.9 cm³/mol. The molecule has 1 nitrogen and oxygen atoms in total. The normalized spacial score (nSPS) is 13.8. The molecule has 2 aromatic rings. The van der Waals surface area contributed by atoms with Crippen molar-refractivity contribution in [2.75, 3.05) is 11.9 Å². The van der Waals surface area contributed by atoms with Crippen LogP contribution in [0.4, 0.5) is 10.1 Å². The Kier molecular flexibility index (Phi) is 3.47. The van der Waals surface area contributed by atoms with Crippen LogP contribution < -0.4 is 5.32 Å². The van der Waals surface area contributed by atoms with E-state index < -0.39 is 0 Å². The van der Waals surface area contributed by atoms with Gasteiger partial charge in [-0.3, -0.25) is 0 Å². The third-order valence-electron chi connectivity index (χ3n) is 4.09. The maximum Gasteiger partial charge on any atom is 0.127 e. The second-order valence-electron chi connectivity index (χ2n) is 5.70. The van der Waals surface area contributed by atoms with Crippen molar-refractivity contribution in [2.24, 2.45) is 0 Å². The number of aryl methyl sites for hydroxylation is 3. The Morgan fingerprint density at radius 1 is 1.20 bits per heavy atom. The molecular formula is C18H20FN. The molecule has 1 N–H and O–H groups in total. The summed E-state index contributed by atoms with van der Waals surface area (Å²) in [5.74, 6) is -0.0871. The molecule has 1 aliphatic heterocycles. The highest BCUT2D eigenvalue weighted by Gasteiger charge is 2.15. The second-order valence-corrected chi connectivity index (χ2v) is 5.70. The molecule has 3 rings (SSSR count). The van der Waals surface area contributed by atoms with Crippen LogP contribution in [0.25, 0.3) is 0 Å². The highest BCUT2D eigenvalue weighted by atomic mass is 19.1. The van der Waals surface area contributed by atoms with E-state index in [1.54, 1.807) is 6.07 Å². The van der Waals surface area contributed by atoms with Gasteiger partial charge in [-0.25, -0.2) is 4.39 Å². The van der Waals surface area contributed by atoms with E-state index in [9.17, 15) is 4.39 Å². The number of halogens is 1. The quantitative estimate of drug-likeness (QED) is 0.852. The first-order valence-electron chi connectivity index (χ1n) is 7.25. The van der Waals surface area contributed by atoms with Gasteiger partial charge in [0.1, 0.15) is 5.82 Å². The average molecular weight is 269 g/mol. The van der Waals surface area contributed by atoms with E-state index in [4.69, 9.17) is 0 Å². The molecule has 0 fully saturated rings. The number of hydrogen-bond donors (Lipinski definition) is 1. The molecule has 20 heavy (non-hydrogen) atoms. The van der Waals surface area contributed by atoms with Crippen molar-refractivity contribution in [3.05, 3.63) is 64.0 Å². The number of nitrogens with one attached hydrogen (secondary N) is 1. The first kappa shape index (κ1) is 13.2. The van der Waals surface area contributed by atoms with Crippen molar-refractivity contribution in [2.45, 2.75) is 33.1 Å². The first-order valence-corrected chi connectivity index (χ1v) is 7.25. The fraction of sp³-hybridized carbons (Fsp3) is 0.333. The summed E-state index contributed by atoms with van der Waals surface area (Å²) in [5.41, 5.74) is 6.62. The van der Waals surface area contributed by atoms with E-state index in [1.165, 1.54) is 23.2 Å². The number of benzene rings is 2. The van der Waals surface area contributed by atoms with Gasteiger partial charge in [0.05, 0.1) is 0 Å². The smallest absolute Gasteiger partial charge is 0.127 e. The zero-order chi connectivity index (χ0) is 14.1. The highest BCUT2D eigenvalue weighted by Crippen LogP contribution is 2.29. The maximum atomic E-state index is 14.2. The van der Waals surface area contributed by atoms with Crippen molar-refractivity contribution < 1.29 is 4.39 Å². The van der Waals surface area contributed by atoms with Gasteiger partial charge in [-0.1, -0.05) is 24.3 Å². The largest absolute Gasteiger partial charge is 0.385 e. The van der Waals surface area contributed by atoms with Crippen molar-refractivity contribution in [3.63, 3.8) is 0 Å². The molecule has 0 aromatic heterocycles. The topological polar surface area (TPSA) is 12.0 Å². The van der Waals surface area contributed by atoms with E-state index >= 15 is 0 Å². The Bertz CT molecular complexity index is 623. The monoisotopic (exact) mass is 269 g/mol. The van der Waals surface area contributed by atoms with Crippen molar-refractivity contribution in [1.82, 2.24) is 0 Å². The van der Waals surface area contributed by atoms with Gasteiger partial charge in [-0.05, 0) is 60.6 Å². The molecule has 0 saturated carbocycles. The van der Waals surface area contributed by atoms with Gasteiger partial charge >= 0.3 is 0 Å². The summed E-state index contributed by atoms with van der Waals surface area (Å²) < 4.78 is 14.2. The number of anilines is 1. The van der Waals surface area contributed by atoms with E-state index in [-0.39, 0.29) is 5.82 Å². The fourth-order valence-corrected chi connectivity index (χ4v) is 3.09. The van der Waals surface area contributed by atoms with E-state index in [0.717, 1.165) is 29.7 Å². The minimum Gasteiger partial charge on any atom is -0.385 e. The molecule has 0 aliphatic carbocycles. The summed E-state index contributed by atoms with van der Waals surface area (Å²) in [4.78, 5) is 0. The van der Waals surface area contributed by atoms with Gasteiger partial charge in [0.15, 0.2) is 0 Å². The predicted octanol–water partition coefficient (Wildman–Crippen LogP) is 4.39. The van der Waals surface area contributed by atoms with Gasteiger partial charge in [0.25, 0.3) is 0 Å².